The lowest BCUT2D eigenvalue weighted by Crippen LogP contribution is -2.10. The Kier molecular flexibility index (Phi) is 4.44. The minimum absolute atomic E-state index is 0.431. The highest BCUT2D eigenvalue weighted by Crippen LogP contribution is 2.36. The Hall–Kier alpha value is -1.18. The van der Waals surface area contributed by atoms with Crippen LogP contribution >= 0.6 is 0 Å². The lowest BCUT2D eigenvalue weighted by atomic mass is 9.86. The smallest absolute Gasteiger partial charge is 0.0402 e. The van der Waals surface area contributed by atoms with E-state index in [1.54, 1.807) is 0 Å². The fourth-order valence-electron chi connectivity index (χ4n) is 2.60. The van der Waals surface area contributed by atoms with Crippen molar-refractivity contribution in [3.8, 4) is 0 Å². The number of benzene rings is 1. The molecule has 0 aliphatic rings. The van der Waals surface area contributed by atoms with Crippen molar-refractivity contribution in [2.75, 3.05) is 11.5 Å². The van der Waals surface area contributed by atoms with Gasteiger partial charge in [0.15, 0.2) is 0 Å². The fraction of sp³-hybridized carbons (Fsp3) is 0.600. The molecule has 0 saturated heterocycles. The van der Waals surface area contributed by atoms with Gasteiger partial charge in [0.25, 0.3) is 0 Å². The summed E-state index contributed by atoms with van der Waals surface area (Å²) in [6.07, 6.45) is 2.09. The van der Waals surface area contributed by atoms with Gasteiger partial charge in [-0.3, -0.25) is 0 Å². The molecule has 1 aromatic rings. The third kappa shape index (κ3) is 2.93. The van der Waals surface area contributed by atoms with Crippen molar-refractivity contribution in [1.29, 1.82) is 0 Å². The van der Waals surface area contributed by atoms with Crippen LogP contribution in [0.1, 0.15) is 56.7 Å². The first-order chi connectivity index (χ1) is 7.88. The van der Waals surface area contributed by atoms with Crippen LogP contribution in [0, 0.1) is 12.8 Å². The van der Waals surface area contributed by atoms with Gasteiger partial charge in [-0.05, 0) is 42.7 Å². The second-order valence-corrected chi connectivity index (χ2v) is 5.48. The van der Waals surface area contributed by atoms with E-state index < -0.39 is 0 Å². The SMILES string of the molecule is CCc1cc(C)c(N)c(C(C)CC(C)C)c1N. The monoisotopic (exact) mass is 234 g/mol. The molecule has 0 aliphatic carbocycles. The Bertz CT molecular complexity index is 394. The number of aryl methyl sites for hydroxylation is 2. The van der Waals surface area contributed by atoms with Gasteiger partial charge in [-0.15, -0.1) is 0 Å². The second-order valence-electron chi connectivity index (χ2n) is 5.48. The van der Waals surface area contributed by atoms with Crippen LogP contribution in [0.15, 0.2) is 6.07 Å². The Morgan fingerprint density at radius 3 is 2.18 bits per heavy atom. The van der Waals surface area contributed by atoms with Crippen LogP contribution in [0.2, 0.25) is 0 Å². The van der Waals surface area contributed by atoms with Crippen molar-refractivity contribution in [3.05, 3.63) is 22.8 Å². The van der Waals surface area contributed by atoms with Gasteiger partial charge < -0.3 is 11.5 Å². The van der Waals surface area contributed by atoms with E-state index in [1.165, 1.54) is 5.56 Å². The first kappa shape index (κ1) is 13.9. The maximum absolute atomic E-state index is 6.26. The fourth-order valence-corrected chi connectivity index (χ4v) is 2.60. The van der Waals surface area contributed by atoms with Crippen LogP contribution in [-0.4, -0.2) is 0 Å². The molecule has 1 atom stereocenters. The normalized spacial score (nSPS) is 13.1. The molecule has 4 N–H and O–H groups in total. The van der Waals surface area contributed by atoms with Gasteiger partial charge in [0.1, 0.15) is 0 Å². The zero-order valence-electron chi connectivity index (χ0n) is 11.8. The molecule has 2 nitrogen and oxygen atoms in total. The van der Waals surface area contributed by atoms with E-state index in [1.807, 2.05) is 0 Å². The van der Waals surface area contributed by atoms with Gasteiger partial charge in [-0.25, -0.2) is 0 Å². The number of hydrogen-bond donors (Lipinski definition) is 2. The van der Waals surface area contributed by atoms with Crippen molar-refractivity contribution in [2.45, 2.75) is 53.4 Å². The van der Waals surface area contributed by atoms with E-state index in [9.17, 15) is 0 Å². The Labute approximate surface area is 105 Å². The minimum Gasteiger partial charge on any atom is -0.398 e. The second kappa shape index (κ2) is 5.44. The van der Waals surface area contributed by atoms with Crippen molar-refractivity contribution in [3.63, 3.8) is 0 Å². The summed E-state index contributed by atoms with van der Waals surface area (Å²) in [5, 5.41) is 0. The Morgan fingerprint density at radius 1 is 1.12 bits per heavy atom. The predicted octanol–water partition coefficient (Wildman–Crippen LogP) is 3.87. The molecule has 0 aromatic heterocycles. The number of hydrogen-bond acceptors (Lipinski definition) is 2. The van der Waals surface area contributed by atoms with E-state index in [2.05, 4.69) is 40.7 Å². The van der Waals surface area contributed by atoms with E-state index >= 15 is 0 Å². The van der Waals surface area contributed by atoms with Crippen LogP contribution in [0.3, 0.4) is 0 Å². The molecule has 1 aromatic carbocycles. The van der Waals surface area contributed by atoms with Crippen LogP contribution < -0.4 is 11.5 Å². The van der Waals surface area contributed by atoms with E-state index in [0.29, 0.717) is 11.8 Å². The summed E-state index contributed by atoms with van der Waals surface area (Å²) < 4.78 is 0. The molecule has 0 spiro atoms. The Morgan fingerprint density at radius 2 is 1.71 bits per heavy atom. The number of anilines is 2. The van der Waals surface area contributed by atoms with Crippen molar-refractivity contribution in [1.82, 2.24) is 0 Å². The molecule has 2 heteroatoms. The zero-order valence-corrected chi connectivity index (χ0v) is 11.8. The van der Waals surface area contributed by atoms with Gasteiger partial charge in [-0.1, -0.05) is 33.8 Å². The molecule has 0 bridgehead atoms. The number of nitrogen functional groups attached to an aromatic ring is 2. The zero-order chi connectivity index (χ0) is 13.2. The molecule has 0 aliphatic heterocycles. The third-order valence-corrected chi connectivity index (χ3v) is 3.44. The molecule has 0 saturated carbocycles. The summed E-state index contributed by atoms with van der Waals surface area (Å²) in [7, 11) is 0. The summed E-state index contributed by atoms with van der Waals surface area (Å²) in [6.45, 7) is 10.9. The molecule has 17 heavy (non-hydrogen) atoms. The van der Waals surface area contributed by atoms with Gasteiger partial charge in [0.05, 0.1) is 0 Å². The number of nitrogens with two attached hydrogens (primary N) is 2. The van der Waals surface area contributed by atoms with Gasteiger partial charge in [0, 0.05) is 16.9 Å². The van der Waals surface area contributed by atoms with Crippen molar-refractivity contribution >= 4 is 11.4 Å². The summed E-state index contributed by atoms with van der Waals surface area (Å²) in [6, 6.07) is 2.12. The third-order valence-electron chi connectivity index (χ3n) is 3.44. The van der Waals surface area contributed by atoms with Crippen LogP contribution in [0.4, 0.5) is 11.4 Å². The maximum Gasteiger partial charge on any atom is 0.0402 e. The quantitative estimate of drug-likeness (QED) is 0.777. The summed E-state index contributed by atoms with van der Waals surface area (Å²) in [4.78, 5) is 0. The molecule has 0 fully saturated rings. The molecule has 0 amide bonds. The summed E-state index contributed by atoms with van der Waals surface area (Å²) in [5.74, 6) is 1.09. The Balaban J connectivity index is 3.25. The lowest BCUT2D eigenvalue weighted by Gasteiger charge is -2.22. The standard InChI is InChI=1S/C15H26N2/c1-6-12-8-11(5)14(16)13(15(12)17)10(4)7-9(2)3/h8-10H,6-7,16-17H2,1-5H3. The topological polar surface area (TPSA) is 52.0 Å². The molecular formula is C15H26N2. The van der Waals surface area contributed by atoms with Gasteiger partial charge in [-0.2, -0.15) is 0 Å². The average Bonchev–Trinajstić information content (AvgIpc) is 2.22. The first-order valence-electron chi connectivity index (χ1n) is 6.55. The molecular weight excluding hydrogens is 208 g/mol. The molecule has 0 heterocycles. The highest BCUT2D eigenvalue weighted by molar-refractivity contribution is 5.70. The van der Waals surface area contributed by atoms with E-state index in [4.69, 9.17) is 11.5 Å². The molecule has 1 rings (SSSR count). The molecule has 0 radical (unpaired) electrons. The van der Waals surface area contributed by atoms with Crippen molar-refractivity contribution < 1.29 is 0 Å². The molecule has 96 valence electrons. The van der Waals surface area contributed by atoms with Crippen LogP contribution in [0.25, 0.3) is 0 Å². The summed E-state index contributed by atoms with van der Waals surface area (Å²) in [5.41, 5.74) is 17.8. The molecule has 1 unspecified atom stereocenters. The van der Waals surface area contributed by atoms with E-state index in [0.717, 1.165) is 35.3 Å². The van der Waals surface area contributed by atoms with Crippen molar-refractivity contribution in [2.24, 2.45) is 5.92 Å². The van der Waals surface area contributed by atoms with E-state index in [-0.39, 0.29) is 0 Å². The van der Waals surface area contributed by atoms with Crippen LogP contribution in [0.5, 0.6) is 0 Å². The first-order valence-corrected chi connectivity index (χ1v) is 6.55. The van der Waals surface area contributed by atoms with Gasteiger partial charge in [0.2, 0.25) is 0 Å². The highest BCUT2D eigenvalue weighted by Gasteiger charge is 2.17. The largest absolute Gasteiger partial charge is 0.398 e. The van der Waals surface area contributed by atoms with Gasteiger partial charge >= 0.3 is 0 Å². The predicted molar refractivity (Wildman–Crippen MR) is 77.3 cm³/mol. The number of rotatable bonds is 4. The minimum atomic E-state index is 0.431. The maximum atomic E-state index is 6.26. The highest BCUT2D eigenvalue weighted by atomic mass is 14.6. The van der Waals surface area contributed by atoms with Crippen LogP contribution in [-0.2, 0) is 6.42 Å². The average molecular weight is 234 g/mol. The summed E-state index contributed by atoms with van der Waals surface area (Å²) >= 11 is 0. The lowest BCUT2D eigenvalue weighted by molar-refractivity contribution is 0.525.